The topological polar surface area (TPSA) is 18.5 Å². The van der Waals surface area contributed by atoms with Crippen LogP contribution in [0.5, 0.6) is 11.5 Å². The minimum absolute atomic E-state index is 0.242. The minimum Gasteiger partial charge on any atom is -0.486 e. The molecule has 1 atom stereocenters. The van der Waals surface area contributed by atoms with Crippen molar-refractivity contribution in [2.45, 2.75) is 11.3 Å². The Labute approximate surface area is 105 Å². The number of ether oxygens (including phenoxy) is 2. The average Bonchev–Trinajstić information content (AvgIpc) is 2.27. The zero-order valence-corrected chi connectivity index (χ0v) is 10.4. The molecule has 0 fully saturated rings. The lowest BCUT2D eigenvalue weighted by atomic mass is 10.1. The van der Waals surface area contributed by atoms with Crippen molar-refractivity contribution >= 4 is 27.5 Å². The normalized spacial score (nSPS) is 16.3. The van der Waals surface area contributed by atoms with E-state index in [-0.39, 0.29) is 5.02 Å². The molecule has 6 heteroatoms. The van der Waals surface area contributed by atoms with E-state index in [0.717, 1.165) is 0 Å². The first-order chi connectivity index (χ1) is 7.59. The summed E-state index contributed by atoms with van der Waals surface area (Å²) < 4.78 is 35.7. The summed E-state index contributed by atoms with van der Waals surface area (Å²) in [6.07, 6.45) is -2.53. The lowest BCUT2D eigenvalue weighted by Crippen LogP contribution is -2.16. The van der Waals surface area contributed by atoms with Crippen LogP contribution in [0, 0.1) is 0 Å². The molecule has 0 aromatic heterocycles. The van der Waals surface area contributed by atoms with Crippen LogP contribution in [0.4, 0.5) is 8.78 Å². The van der Waals surface area contributed by atoms with Crippen molar-refractivity contribution in [1.82, 2.24) is 0 Å². The highest BCUT2D eigenvalue weighted by Gasteiger charge is 2.24. The Kier molecular flexibility index (Phi) is 3.54. The minimum atomic E-state index is -2.53. The number of hydrogen-bond donors (Lipinski definition) is 0. The van der Waals surface area contributed by atoms with Crippen molar-refractivity contribution in [2.24, 2.45) is 0 Å². The number of fused-ring (bicyclic) bond motifs is 1. The molecule has 1 heterocycles. The van der Waals surface area contributed by atoms with Gasteiger partial charge < -0.3 is 9.47 Å². The number of hydrogen-bond acceptors (Lipinski definition) is 2. The molecular formula is C10H8BrClF2O2. The molecule has 2 rings (SSSR count). The van der Waals surface area contributed by atoms with Gasteiger partial charge in [0.15, 0.2) is 11.5 Å². The summed E-state index contributed by atoms with van der Waals surface area (Å²) in [5, 5.41) is 0.242. The molecule has 0 spiro atoms. The summed E-state index contributed by atoms with van der Waals surface area (Å²) in [5.74, 6) is 0.949. The molecule has 0 bridgehead atoms. The van der Waals surface area contributed by atoms with Gasteiger partial charge in [-0.3, -0.25) is 0 Å². The van der Waals surface area contributed by atoms with Crippen molar-refractivity contribution in [3.05, 3.63) is 22.7 Å². The fraction of sp³-hybridized carbons (Fsp3) is 0.400. The lowest BCUT2D eigenvalue weighted by molar-refractivity contribution is 0.146. The summed E-state index contributed by atoms with van der Waals surface area (Å²) >= 11 is 8.80. The van der Waals surface area contributed by atoms with E-state index >= 15 is 0 Å². The third-order valence-electron chi connectivity index (χ3n) is 2.18. The van der Waals surface area contributed by atoms with Crippen LogP contribution in [0.2, 0.25) is 5.02 Å². The number of benzene rings is 1. The Morgan fingerprint density at radius 2 is 1.75 bits per heavy atom. The van der Waals surface area contributed by atoms with Crippen LogP contribution in [-0.4, -0.2) is 19.6 Å². The van der Waals surface area contributed by atoms with Crippen LogP contribution in [0.25, 0.3) is 0 Å². The zero-order chi connectivity index (χ0) is 11.7. The smallest absolute Gasteiger partial charge is 0.255 e. The maximum absolute atomic E-state index is 12.5. The van der Waals surface area contributed by atoms with Gasteiger partial charge >= 0.3 is 0 Å². The highest BCUT2D eigenvalue weighted by atomic mass is 79.9. The molecule has 0 radical (unpaired) electrons. The summed E-state index contributed by atoms with van der Waals surface area (Å²) in [5.41, 5.74) is 0.306. The molecule has 0 aliphatic carbocycles. The van der Waals surface area contributed by atoms with Crippen LogP contribution in [0.1, 0.15) is 10.4 Å². The fourth-order valence-corrected chi connectivity index (χ4v) is 2.21. The quantitative estimate of drug-likeness (QED) is 0.773. The first-order valence-electron chi connectivity index (χ1n) is 4.61. The summed E-state index contributed by atoms with van der Waals surface area (Å²) in [6, 6.07) is 2.99. The fourth-order valence-electron chi connectivity index (χ4n) is 1.43. The number of halogens is 4. The van der Waals surface area contributed by atoms with Gasteiger partial charge in [0.25, 0.3) is 6.43 Å². The molecule has 1 aromatic rings. The second-order valence-electron chi connectivity index (χ2n) is 3.25. The Balaban J connectivity index is 2.39. The van der Waals surface area contributed by atoms with Gasteiger partial charge in [-0.25, -0.2) is 8.78 Å². The lowest BCUT2D eigenvalue weighted by Gasteiger charge is -2.21. The van der Waals surface area contributed by atoms with Crippen LogP contribution < -0.4 is 9.47 Å². The van der Waals surface area contributed by atoms with Crippen molar-refractivity contribution in [2.75, 3.05) is 13.2 Å². The van der Waals surface area contributed by atoms with Gasteiger partial charge in [-0.2, -0.15) is 0 Å². The second kappa shape index (κ2) is 4.75. The molecule has 16 heavy (non-hydrogen) atoms. The molecule has 88 valence electrons. The van der Waals surface area contributed by atoms with E-state index in [1.807, 2.05) is 0 Å². The number of rotatable bonds is 2. The SMILES string of the molecule is FC(F)C(Br)c1cc2c(cc1Cl)OCCO2. The highest BCUT2D eigenvalue weighted by molar-refractivity contribution is 9.09. The highest BCUT2D eigenvalue weighted by Crippen LogP contribution is 2.41. The van der Waals surface area contributed by atoms with Crippen LogP contribution in [0.3, 0.4) is 0 Å². The average molecular weight is 314 g/mol. The maximum atomic E-state index is 12.5. The van der Waals surface area contributed by atoms with Gasteiger partial charge in [0, 0.05) is 11.1 Å². The Morgan fingerprint density at radius 3 is 2.31 bits per heavy atom. The van der Waals surface area contributed by atoms with Crippen molar-refractivity contribution in [3.63, 3.8) is 0 Å². The van der Waals surface area contributed by atoms with Gasteiger partial charge in [-0.05, 0) is 11.6 Å². The predicted molar refractivity (Wildman–Crippen MR) is 60.1 cm³/mol. The number of alkyl halides is 3. The standard InChI is InChI=1S/C10H8BrClF2O2/c11-9(10(13)14)5-3-7-8(4-6(5)12)16-2-1-15-7/h3-4,9-10H,1-2H2. The molecule has 0 N–H and O–H groups in total. The van der Waals surface area contributed by atoms with Crippen molar-refractivity contribution in [1.29, 1.82) is 0 Å². The van der Waals surface area contributed by atoms with Gasteiger partial charge in [-0.15, -0.1) is 0 Å². The van der Waals surface area contributed by atoms with Gasteiger partial charge in [0.2, 0.25) is 0 Å². The van der Waals surface area contributed by atoms with Crippen molar-refractivity contribution in [3.8, 4) is 11.5 Å². The monoisotopic (exact) mass is 312 g/mol. The third kappa shape index (κ3) is 2.25. The molecule has 1 aromatic carbocycles. The van der Waals surface area contributed by atoms with Crippen LogP contribution in [0.15, 0.2) is 12.1 Å². The molecule has 1 unspecified atom stereocenters. The van der Waals surface area contributed by atoms with E-state index in [4.69, 9.17) is 21.1 Å². The zero-order valence-electron chi connectivity index (χ0n) is 8.05. The molecule has 1 aliphatic rings. The van der Waals surface area contributed by atoms with E-state index in [1.54, 1.807) is 0 Å². The molecule has 2 nitrogen and oxygen atoms in total. The Hall–Kier alpha value is -0.550. The van der Waals surface area contributed by atoms with Crippen LogP contribution >= 0.6 is 27.5 Å². The maximum Gasteiger partial charge on any atom is 0.255 e. The van der Waals surface area contributed by atoms with E-state index in [2.05, 4.69) is 15.9 Å². The molecule has 0 amide bonds. The molecule has 0 saturated heterocycles. The molecular weight excluding hydrogens is 305 g/mol. The Morgan fingerprint density at radius 1 is 1.19 bits per heavy atom. The van der Waals surface area contributed by atoms with Crippen LogP contribution in [-0.2, 0) is 0 Å². The third-order valence-corrected chi connectivity index (χ3v) is 3.40. The first kappa shape index (κ1) is 11.9. The van der Waals surface area contributed by atoms with Gasteiger partial charge in [-0.1, -0.05) is 27.5 Å². The summed E-state index contributed by atoms with van der Waals surface area (Å²) in [7, 11) is 0. The largest absolute Gasteiger partial charge is 0.486 e. The predicted octanol–water partition coefficient (Wildman–Crippen LogP) is 3.81. The van der Waals surface area contributed by atoms with Gasteiger partial charge in [0.05, 0.1) is 0 Å². The van der Waals surface area contributed by atoms with Crippen molar-refractivity contribution < 1.29 is 18.3 Å². The first-order valence-corrected chi connectivity index (χ1v) is 5.90. The second-order valence-corrected chi connectivity index (χ2v) is 4.65. The van der Waals surface area contributed by atoms with E-state index in [9.17, 15) is 8.78 Å². The molecule has 0 saturated carbocycles. The van der Waals surface area contributed by atoms with Gasteiger partial charge in [0.1, 0.15) is 18.0 Å². The van der Waals surface area contributed by atoms with E-state index in [0.29, 0.717) is 30.3 Å². The van der Waals surface area contributed by atoms with E-state index in [1.165, 1.54) is 12.1 Å². The van der Waals surface area contributed by atoms with E-state index < -0.39 is 11.3 Å². The summed E-state index contributed by atoms with van der Waals surface area (Å²) in [4.78, 5) is -1.10. The molecule has 1 aliphatic heterocycles. The Bertz CT molecular complexity index is 401. The summed E-state index contributed by atoms with van der Waals surface area (Å²) in [6.45, 7) is 0.852.